The summed E-state index contributed by atoms with van der Waals surface area (Å²) in [5.41, 5.74) is 0.255. The first kappa shape index (κ1) is 10.0. The van der Waals surface area contributed by atoms with E-state index < -0.39 is 0 Å². The molecule has 0 saturated heterocycles. The lowest BCUT2D eigenvalue weighted by atomic mass is 9.55. The average molecular weight is 196 g/mol. The Hall–Kier alpha value is -0.530. The fourth-order valence-electron chi connectivity index (χ4n) is 2.40. The topological polar surface area (TPSA) is 26.3 Å². The van der Waals surface area contributed by atoms with Crippen LogP contribution >= 0.6 is 0 Å². The van der Waals surface area contributed by atoms with E-state index in [9.17, 15) is 4.79 Å². The number of esters is 1. The third-order valence-electron chi connectivity index (χ3n) is 3.62. The molecule has 0 radical (unpaired) electrons. The zero-order valence-corrected chi connectivity index (χ0v) is 9.43. The van der Waals surface area contributed by atoms with Gasteiger partial charge >= 0.3 is 5.97 Å². The zero-order valence-electron chi connectivity index (χ0n) is 9.43. The Morgan fingerprint density at radius 2 is 1.86 bits per heavy atom. The van der Waals surface area contributed by atoms with Crippen molar-refractivity contribution in [1.82, 2.24) is 0 Å². The van der Waals surface area contributed by atoms with Crippen LogP contribution in [-0.2, 0) is 9.53 Å². The third kappa shape index (κ3) is 1.67. The molecule has 0 atom stereocenters. The second-order valence-corrected chi connectivity index (χ2v) is 6.04. The Balaban J connectivity index is 1.76. The van der Waals surface area contributed by atoms with Crippen molar-refractivity contribution in [2.24, 2.45) is 10.8 Å². The number of hydrogen-bond acceptors (Lipinski definition) is 2. The summed E-state index contributed by atoms with van der Waals surface area (Å²) in [6, 6.07) is 0. The highest BCUT2D eigenvalue weighted by molar-refractivity contribution is 5.75. The first-order valence-electron chi connectivity index (χ1n) is 5.62. The van der Waals surface area contributed by atoms with Gasteiger partial charge in [-0.1, -0.05) is 6.42 Å². The van der Waals surface area contributed by atoms with Gasteiger partial charge in [0.15, 0.2) is 0 Å². The molecular weight excluding hydrogens is 176 g/mol. The molecular formula is C12H20O2. The van der Waals surface area contributed by atoms with Crippen molar-refractivity contribution in [2.45, 2.75) is 59.0 Å². The monoisotopic (exact) mass is 196 g/mol. The molecule has 14 heavy (non-hydrogen) atoms. The van der Waals surface area contributed by atoms with Gasteiger partial charge in [0, 0.05) is 0 Å². The van der Waals surface area contributed by atoms with Crippen LogP contribution in [0, 0.1) is 10.8 Å². The predicted octanol–water partition coefficient (Wildman–Crippen LogP) is 2.91. The van der Waals surface area contributed by atoms with Gasteiger partial charge in [-0.3, -0.25) is 4.79 Å². The molecule has 0 aromatic carbocycles. The van der Waals surface area contributed by atoms with Crippen LogP contribution in [0.25, 0.3) is 0 Å². The minimum Gasteiger partial charge on any atom is -0.462 e. The molecule has 0 N–H and O–H groups in total. The molecule has 0 heterocycles. The Bertz CT molecular complexity index is 238. The van der Waals surface area contributed by atoms with Crippen LogP contribution in [0.15, 0.2) is 0 Å². The van der Waals surface area contributed by atoms with Gasteiger partial charge in [0.1, 0.15) is 6.10 Å². The van der Waals surface area contributed by atoms with E-state index in [0.29, 0.717) is 5.41 Å². The summed E-state index contributed by atoms with van der Waals surface area (Å²) in [5, 5.41) is 0. The normalized spacial score (nSPS) is 25.4. The molecule has 2 nitrogen and oxygen atoms in total. The maximum Gasteiger partial charge on any atom is 0.311 e. The van der Waals surface area contributed by atoms with E-state index in [1.807, 2.05) is 20.8 Å². The summed E-state index contributed by atoms with van der Waals surface area (Å²) >= 11 is 0. The van der Waals surface area contributed by atoms with E-state index in [1.165, 1.54) is 19.3 Å². The molecule has 2 heteroatoms. The minimum atomic E-state index is -0.345. The maximum absolute atomic E-state index is 11.6. The first-order chi connectivity index (χ1) is 6.41. The van der Waals surface area contributed by atoms with Crippen molar-refractivity contribution in [1.29, 1.82) is 0 Å². The van der Waals surface area contributed by atoms with Crippen molar-refractivity contribution in [3.63, 3.8) is 0 Å². The Morgan fingerprint density at radius 1 is 1.29 bits per heavy atom. The second kappa shape index (κ2) is 2.98. The molecule has 0 aromatic heterocycles. The van der Waals surface area contributed by atoms with Crippen LogP contribution < -0.4 is 0 Å². The Kier molecular flexibility index (Phi) is 2.13. The molecule has 2 rings (SSSR count). The number of rotatable bonds is 1. The Labute approximate surface area is 86.0 Å². The predicted molar refractivity (Wildman–Crippen MR) is 54.9 cm³/mol. The number of ether oxygens (including phenoxy) is 1. The van der Waals surface area contributed by atoms with Gasteiger partial charge in [-0.15, -0.1) is 0 Å². The van der Waals surface area contributed by atoms with Crippen molar-refractivity contribution < 1.29 is 9.53 Å². The third-order valence-corrected chi connectivity index (χ3v) is 3.62. The summed E-state index contributed by atoms with van der Waals surface area (Å²) in [4.78, 5) is 11.6. The second-order valence-electron chi connectivity index (χ2n) is 6.04. The van der Waals surface area contributed by atoms with Crippen LogP contribution in [0.4, 0.5) is 0 Å². The quantitative estimate of drug-likeness (QED) is 0.603. The molecule has 0 amide bonds. The highest BCUT2D eigenvalue weighted by Gasteiger charge is 2.50. The average Bonchev–Trinajstić information content (AvgIpc) is 1.88. The maximum atomic E-state index is 11.6. The fraction of sp³-hybridized carbons (Fsp3) is 0.917. The molecule has 2 aliphatic rings. The smallest absolute Gasteiger partial charge is 0.311 e. The van der Waals surface area contributed by atoms with Crippen molar-refractivity contribution >= 4 is 5.97 Å². The van der Waals surface area contributed by atoms with Gasteiger partial charge in [0.25, 0.3) is 0 Å². The van der Waals surface area contributed by atoms with Gasteiger partial charge in [0.2, 0.25) is 0 Å². The molecule has 0 aliphatic heterocycles. The van der Waals surface area contributed by atoms with Gasteiger partial charge in [-0.05, 0) is 51.9 Å². The van der Waals surface area contributed by atoms with E-state index >= 15 is 0 Å². The zero-order chi connectivity index (χ0) is 10.4. The summed E-state index contributed by atoms with van der Waals surface area (Å²) in [7, 11) is 0. The molecule has 80 valence electrons. The van der Waals surface area contributed by atoms with Crippen molar-refractivity contribution in [3.8, 4) is 0 Å². The van der Waals surface area contributed by atoms with Gasteiger partial charge in [-0.2, -0.15) is 0 Å². The summed E-state index contributed by atoms with van der Waals surface area (Å²) < 4.78 is 5.44. The van der Waals surface area contributed by atoms with Crippen LogP contribution in [-0.4, -0.2) is 12.1 Å². The molecule has 2 saturated carbocycles. The highest BCUT2D eigenvalue weighted by Crippen LogP contribution is 2.56. The molecule has 1 spiro atoms. The fourth-order valence-corrected chi connectivity index (χ4v) is 2.40. The van der Waals surface area contributed by atoms with Gasteiger partial charge in [0.05, 0.1) is 5.41 Å². The van der Waals surface area contributed by atoms with Gasteiger partial charge < -0.3 is 4.74 Å². The van der Waals surface area contributed by atoms with Gasteiger partial charge in [-0.25, -0.2) is 0 Å². The highest BCUT2D eigenvalue weighted by atomic mass is 16.5. The SMILES string of the molecule is CC(C)(C)C(=O)OC1CC2(CCC2)C1. The Morgan fingerprint density at radius 3 is 2.21 bits per heavy atom. The van der Waals surface area contributed by atoms with Crippen LogP contribution in [0.5, 0.6) is 0 Å². The van der Waals surface area contributed by atoms with Crippen molar-refractivity contribution in [2.75, 3.05) is 0 Å². The van der Waals surface area contributed by atoms with E-state index in [0.717, 1.165) is 12.8 Å². The molecule has 0 aromatic rings. The van der Waals surface area contributed by atoms with Crippen LogP contribution in [0.3, 0.4) is 0 Å². The lowest BCUT2D eigenvalue weighted by Gasteiger charge is -2.53. The van der Waals surface area contributed by atoms with Crippen LogP contribution in [0.2, 0.25) is 0 Å². The lowest BCUT2D eigenvalue weighted by molar-refractivity contribution is -0.176. The van der Waals surface area contributed by atoms with Crippen molar-refractivity contribution in [3.05, 3.63) is 0 Å². The summed E-state index contributed by atoms with van der Waals surface area (Å²) in [6.45, 7) is 5.73. The molecule has 2 aliphatic carbocycles. The van der Waals surface area contributed by atoms with E-state index in [4.69, 9.17) is 4.74 Å². The minimum absolute atomic E-state index is 0.0447. The lowest BCUT2D eigenvalue weighted by Crippen LogP contribution is -2.48. The summed E-state index contributed by atoms with van der Waals surface area (Å²) in [6.07, 6.45) is 6.55. The largest absolute Gasteiger partial charge is 0.462 e. The molecule has 0 bridgehead atoms. The molecule has 2 fully saturated rings. The number of carbonyl (C=O) groups excluding carboxylic acids is 1. The summed E-state index contributed by atoms with van der Waals surface area (Å²) in [5.74, 6) is -0.0447. The number of carbonyl (C=O) groups is 1. The first-order valence-corrected chi connectivity index (χ1v) is 5.62. The van der Waals surface area contributed by atoms with E-state index in [2.05, 4.69) is 0 Å². The standard InChI is InChI=1S/C12H20O2/c1-11(2,3)10(13)14-9-7-12(8-9)5-4-6-12/h9H,4-8H2,1-3H3. The molecule has 0 unspecified atom stereocenters. The number of hydrogen-bond donors (Lipinski definition) is 0. The van der Waals surface area contributed by atoms with Crippen LogP contribution in [0.1, 0.15) is 52.9 Å². The van der Waals surface area contributed by atoms with E-state index in [1.54, 1.807) is 0 Å². The van der Waals surface area contributed by atoms with E-state index in [-0.39, 0.29) is 17.5 Å².